The zero-order chi connectivity index (χ0) is 18.1. The third-order valence-corrected chi connectivity index (χ3v) is 4.79. The van der Waals surface area contributed by atoms with Gasteiger partial charge in [0.25, 0.3) is 0 Å². The molecule has 1 aliphatic rings. The maximum atomic E-state index is 12.6. The average molecular weight is 348 g/mol. The van der Waals surface area contributed by atoms with E-state index in [2.05, 4.69) is 5.32 Å². The molecule has 1 saturated heterocycles. The number of para-hydroxylation sites is 2. The number of fused-ring (bicyclic) bond motifs is 1. The number of hydrogen-bond acceptors (Lipinski definition) is 3. The van der Waals surface area contributed by atoms with Crippen LogP contribution in [0.15, 0.2) is 65.1 Å². The molecule has 5 heteroatoms. The maximum absolute atomic E-state index is 12.6. The number of hydrogen-bond donors (Lipinski definition) is 1. The van der Waals surface area contributed by atoms with Gasteiger partial charge in [-0.1, -0.05) is 36.4 Å². The molecule has 0 bridgehead atoms. The number of amides is 2. The monoisotopic (exact) mass is 348 g/mol. The molecule has 2 atom stereocenters. The van der Waals surface area contributed by atoms with E-state index in [9.17, 15) is 9.59 Å². The zero-order valence-corrected chi connectivity index (χ0v) is 14.5. The van der Waals surface area contributed by atoms with Crippen molar-refractivity contribution in [3.05, 3.63) is 66.4 Å². The SMILES string of the molecule is C[C@H](NC(=O)[C@H]1CC(=O)N(c2ccccc2)C1)c1cc2ccccc2o1. The van der Waals surface area contributed by atoms with Crippen LogP contribution in [-0.4, -0.2) is 18.4 Å². The molecule has 0 unspecified atom stereocenters. The van der Waals surface area contributed by atoms with Gasteiger partial charge in [-0.3, -0.25) is 9.59 Å². The van der Waals surface area contributed by atoms with E-state index in [0.717, 1.165) is 16.7 Å². The number of nitrogens with zero attached hydrogens (tertiary/aromatic N) is 1. The summed E-state index contributed by atoms with van der Waals surface area (Å²) in [6.45, 7) is 2.29. The number of furan rings is 1. The molecule has 1 N–H and O–H groups in total. The summed E-state index contributed by atoms with van der Waals surface area (Å²) in [5.74, 6) is 0.218. The summed E-state index contributed by atoms with van der Waals surface area (Å²) in [7, 11) is 0. The average Bonchev–Trinajstić information content (AvgIpc) is 3.26. The van der Waals surface area contributed by atoms with E-state index >= 15 is 0 Å². The van der Waals surface area contributed by atoms with E-state index in [1.54, 1.807) is 4.90 Å². The molecule has 0 radical (unpaired) electrons. The van der Waals surface area contributed by atoms with Crippen molar-refractivity contribution in [1.82, 2.24) is 5.32 Å². The molecule has 0 saturated carbocycles. The zero-order valence-electron chi connectivity index (χ0n) is 14.5. The molecule has 1 aliphatic heterocycles. The minimum absolute atomic E-state index is 0.0206. The van der Waals surface area contributed by atoms with Crippen molar-refractivity contribution in [2.45, 2.75) is 19.4 Å². The summed E-state index contributed by atoms with van der Waals surface area (Å²) in [4.78, 5) is 26.6. The fraction of sp³-hybridized carbons (Fsp3) is 0.238. The molecule has 5 nitrogen and oxygen atoms in total. The number of nitrogens with one attached hydrogen (secondary N) is 1. The van der Waals surface area contributed by atoms with Gasteiger partial charge in [0.05, 0.1) is 12.0 Å². The lowest BCUT2D eigenvalue weighted by Crippen LogP contribution is -2.34. The maximum Gasteiger partial charge on any atom is 0.227 e. The fourth-order valence-corrected chi connectivity index (χ4v) is 3.36. The molecular formula is C21H20N2O3. The van der Waals surface area contributed by atoms with Crippen molar-refractivity contribution in [2.75, 3.05) is 11.4 Å². The van der Waals surface area contributed by atoms with Gasteiger partial charge in [-0.05, 0) is 31.2 Å². The summed E-state index contributed by atoms with van der Waals surface area (Å²) in [6, 6.07) is 18.9. The molecular weight excluding hydrogens is 328 g/mol. The Morgan fingerprint density at radius 3 is 2.65 bits per heavy atom. The van der Waals surface area contributed by atoms with Crippen molar-refractivity contribution in [3.63, 3.8) is 0 Å². The molecule has 4 rings (SSSR count). The summed E-state index contributed by atoms with van der Waals surface area (Å²) in [5.41, 5.74) is 1.63. The minimum Gasteiger partial charge on any atom is -0.459 e. The van der Waals surface area contributed by atoms with Gasteiger partial charge in [0.2, 0.25) is 11.8 Å². The van der Waals surface area contributed by atoms with Crippen LogP contribution in [0.2, 0.25) is 0 Å². The Bertz CT molecular complexity index is 915. The summed E-state index contributed by atoms with van der Waals surface area (Å²) in [5, 5.41) is 3.99. The highest BCUT2D eigenvalue weighted by atomic mass is 16.3. The van der Waals surface area contributed by atoms with Crippen molar-refractivity contribution in [3.8, 4) is 0 Å². The first kappa shape index (κ1) is 16.4. The summed E-state index contributed by atoms with van der Waals surface area (Å²) >= 11 is 0. The number of rotatable bonds is 4. The van der Waals surface area contributed by atoms with Crippen LogP contribution in [0.3, 0.4) is 0 Å². The van der Waals surface area contributed by atoms with Crippen LogP contribution in [-0.2, 0) is 9.59 Å². The van der Waals surface area contributed by atoms with Crippen LogP contribution in [0.4, 0.5) is 5.69 Å². The van der Waals surface area contributed by atoms with Gasteiger partial charge in [0.15, 0.2) is 0 Å². The molecule has 3 aromatic rings. The van der Waals surface area contributed by atoms with Crippen LogP contribution >= 0.6 is 0 Å². The fourth-order valence-electron chi connectivity index (χ4n) is 3.36. The number of benzene rings is 2. The number of anilines is 1. The van der Waals surface area contributed by atoms with E-state index in [-0.39, 0.29) is 30.2 Å². The lowest BCUT2D eigenvalue weighted by Gasteiger charge is -2.17. The van der Waals surface area contributed by atoms with Gasteiger partial charge in [-0.25, -0.2) is 0 Å². The second-order valence-corrected chi connectivity index (χ2v) is 6.66. The Hall–Kier alpha value is -3.08. The molecule has 1 aromatic heterocycles. The van der Waals surface area contributed by atoms with Gasteiger partial charge >= 0.3 is 0 Å². The molecule has 0 spiro atoms. The second-order valence-electron chi connectivity index (χ2n) is 6.66. The Morgan fingerprint density at radius 1 is 1.15 bits per heavy atom. The Morgan fingerprint density at radius 2 is 1.88 bits per heavy atom. The molecule has 0 aliphatic carbocycles. The molecule has 2 amide bonds. The Balaban J connectivity index is 1.44. The van der Waals surface area contributed by atoms with E-state index < -0.39 is 0 Å². The molecule has 2 heterocycles. The Kier molecular flexibility index (Phi) is 4.21. The molecule has 132 valence electrons. The normalized spacial score (nSPS) is 18.3. The highest BCUT2D eigenvalue weighted by molar-refractivity contribution is 6.00. The van der Waals surface area contributed by atoms with Crippen molar-refractivity contribution in [2.24, 2.45) is 5.92 Å². The molecule has 26 heavy (non-hydrogen) atoms. The number of carbonyl (C=O) groups is 2. The lowest BCUT2D eigenvalue weighted by molar-refractivity contribution is -0.127. The first-order valence-electron chi connectivity index (χ1n) is 8.76. The quantitative estimate of drug-likeness (QED) is 0.782. The lowest BCUT2D eigenvalue weighted by atomic mass is 10.1. The van der Waals surface area contributed by atoms with Crippen LogP contribution in [0.5, 0.6) is 0 Å². The van der Waals surface area contributed by atoms with E-state index in [1.807, 2.05) is 67.6 Å². The largest absolute Gasteiger partial charge is 0.459 e. The highest BCUT2D eigenvalue weighted by Gasteiger charge is 2.35. The topological polar surface area (TPSA) is 62.6 Å². The smallest absolute Gasteiger partial charge is 0.227 e. The van der Waals surface area contributed by atoms with E-state index in [4.69, 9.17) is 4.42 Å². The first-order chi connectivity index (χ1) is 12.6. The van der Waals surface area contributed by atoms with Crippen molar-refractivity contribution >= 4 is 28.5 Å². The summed E-state index contributed by atoms with van der Waals surface area (Å²) in [6.07, 6.45) is 0.230. The van der Waals surface area contributed by atoms with Crippen molar-refractivity contribution < 1.29 is 14.0 Å². The van der Waals surface area contributed by atoms with Gasteiger partial charge < -0.3 is 14.6 Å². The minimum atomic E-state index is -0.352. The predicted octanol–water partition coefficient (Wildman–Crippen LogP) is 3.66. The van der Waals surface area contributed by atoms with Gasteiger partial charge in [0, 0.05) is 24.0 Å². The van der Waals surface area contributed by atoms with Crippen LogP contribution in [0.25, 0.3) is 11.0 Å². The van der Waals surface area contributed by atoms with Gasteiger partial charge in [-0.2, -0.15) is 0 Å². The number of carbonyl (C=O) groups excluding carboxylic acids is 2. The predicted molar refractivity (Wildman–Crippen MR) is 99.7 cm³/mol. The third-order valence-electron chi connectivity index (χ3n) is 4.79. The Labute approximate surface area is 151 Å². The van der Waals surface area contributed by atoms with E-state index in [1.165, 1.54) is 0 Å². The van der Waals surface area contributed by atoms with E-state index in [0.29, 0.717) is 12.3 Å². The van der Waals surface area contributed by atoms with Crippen LogP contribution in [0.1, 0.15) is 25.1 Å². The van der Waals surface area contributed by atoms with Gasteiger partial charge in [-0.15, -0.1) is 0 Å². The summed E-state index contributed by atoms with van der Waals surface area (Å²) < 4.78 is 5.81. The van der Waals surface area contributed by atoms with Crippen LogP contribution in [0, 0.1) is 5.92 Å². The van der Waals surface area contributed by atoms with Crippen LogP contribution < -0.4 is 10.2 Å². The first-order valence-corrected chi connectivity index (χ1v) is 8.76. The molecule has 2 aromatic carbocycles. The third kappa shape index (κ3) is 3.08. The molecule has 1 fully saturated rings. The van der Waals surface area contributed by atoms with Gasteiger partial charge in [0.1, 0.15) is 11.3 Å². The van der Waals surface area contributed by atoms with Crippen molar-refractivity contribution in [1.29, 1.82) is 0 Å². The second kappa shape index (κ2) is 6.67. The highest BCUT2D eigenvalue weighted by Crippen LogP contribution is 2.27. The standard InChI is InChI=1S/C21H20N2O3/c1-14(19-11-15-7-5-6-10-18(15)26-19)22-21(25)16-12-20(24)23(13-16)17-8-3-2-4-9-17/h2-11,14,16H,12-13H2,1H3,(H,22,25)/t14-,16-/m0/s1.